The van der Waals surface area contributed by atoms with Crippen LogP contribution >= 0.6 is 27.3 Å². The Balaban J connectivity index is 2.66. The lowest BCUT2D eigenvalue weighted by Gasteiger charge is -1.97. The van der Waals surface area contributed by atoms with Crippen molar-refractivity contribution in [2.24, 2.45) is 0 Å². The largest absolute Gasteiger partial charge is 0.465 e. The third kappa shape index (κ3) is 1.79. The Kier molecular flexibility index (Phi) is 2.80. The van der Waals surface area contributed by atoms with Crippen molar-refractivity contribution < 1.29 is 9.53 Å². The molecule has 0 aliphatic heterocycles. The van der Waals surface area contributed by atoms with Crippen molar-refractivity contribution >= 4 is 43.3 Å². The molecule has 2 rings (SSSR count). The van der Waals surface area contributed by atoms with Crippen molar-refractivity contribution in [1.29, 1.82) is 0 Å². The van der Waals surface area contributed by atoms with E-state index in [9.17, 15) is 4.79 Å². The van der Waals surface area contributed by atoms with Gasteiger partial charge in [0.05, 0.1) is 7.11 Å². The third-order valence-corrected chi connectivity index (χ3v) is 4.36. The molecule has 78 valence electrons. The Morgan fingerprint density at radius 2 is 2.20 bits per heavy atom. The number of aryl methyl sites for hydroxylation is 1. The summed E-state index contributed by atoms with van der Waals surface area (Å²) in [6.07, 6.45) is 0. The first kappa shape index (κ1) is 10.6. The second-order valence-electron chi connectivity index (χ2n) is 3.19. The summed E-state index contributed by atoms with van der Waals surface area (Å²) >= 11 is 4.94. The number of hydrogen-bond donors (Lipinski definition) is 0. The van der Waals surface area contributed by atoms with Gasteiger partial charge in [-0.05, 0) is 30.0 Å². The number of thiophene rings is 1. The lowest BCUT2D eigenvalue weighted by Crippen LogP contribution is -1.96. The number of rotatable bonds is 1. The summed E-state index contributed by atoms with van der Waals surface area (Å²) in [5, 5.41) is 1.08. The smallest absolute Gasteiger partial charge is 0.348 e. The summed E-state index contributed by atoms with van der Waals surface area (Å²) in [6, 6.07) is 5.85. The SMILES string of the molecule is COC(=O)c1cc2ccc(Br)c(C)c2s1. The van der Waals surface area contributed by atoms with Gasteiger partial charge in [0.1, 0.15) is 4.88 Å². The number of halogens is 1. The predicted octanol–water partition coefficient (Wildman–Crippen LogP) is 3.76. The molecular weight excluding hydrogens is 276 g/mol. The number of benzene rings is 1. The van der Waals surface area contributed by atoms with Crippen LogP contribution in [0.3, 0.4) is 0 Å². The maximum atomic E-state index is 11.4. The Morgan fingerprint density at radius 1 is 1.47 bits per heavy atom. The van der Waals surface area contributed by atoms with E-state index in [1.807, 2.05) is 25.1 Å². The van der Waals surface area contributed by atoms with Crippen molar-refractivity contribution in [1.82, 2.24) is 0 Å². The molecule has 1 aromatic heterocycles. The van der Waals surface area contributed by atoms with Crippen LogP contribution in [0, 0.1) is 6.92 Å². The van der Waals surface area contributed by atoms with Gasteiger partial charge in [-0.2, -0.15) is 0 Å². The monoisotopic (exact) mass is 284 g/mol. The lowest BCUT2D eigenvalue weighted by atomic mass is 10.2. The molecule has 2 aromatic rings. The molecule has 0 atom stereocenters. The molecule has 4 heteroatoms. The minimum atomic E-state index is -0.272. The van der Waals surface area contributed by atoms with Crippen molar-refractivity contribution in [3.63, 3.8) is 0 Å². The zero-order chi connectivity index (χ0) is 11.0. The first-order chi connectivity index (χ1) is 7.13. The fourth-order valence-corrected chi connectivity index (χ4v) is 2.96. The molecule has 1 heterocycles. The van der Waals surface area contributed by atoms with E-state index in [-0.39, 0.29) is 5.97 Å². The first-order valence-corrected chi connectivity index (χ1v) is 6.01. The van der Waals surface area contributed by atoms with Crippen LogP contribution in [0.2, 0.25) is 0 Å². The van der Waals surface area contributed by atoms with Gasteiger partial charge in [-0.15, -0.1) is 11.3 Å². The standard InChI is InChI=1S/C11H9BrO2S/c1-6-8(12)4-3-7-5-9(11(13)14-2)15-10(6)7/h3-5H,1-2H3. The van der Waals surface area contributed by atoms with Gasteiger partial charge in [0, 0.05) is 9.17 Å². The highest BCUT2D eigenvalue weighted by Crippen LogP contribution is 2.32. The molecule has 0 aliphatic carbocycles. The molecule has 0 radical (unpaired) electrons. The first-order valence-electron chi connectivity index (χ1n) is 4.40. The van der Waals surface area contributed by atoms with Crippen molar-refractivity contribution in [2.75, 3.05) is 7.11 Å². The minimum Gasteiger partial charge on any atom is -0.465 e. The number of fused-ring (bicyclic) bond motifs is 1. The van der Waals surface area contributed by atoms with E-state index >= 15 is 0 Å². The van der Waals surface area contributed by atoms with Gasteiger partial charge in [0.25, 0.3) is 0 Å². The van der Waals surface area contributed by atoms with Crippen LogP contribution in [-0.2, 0) is 4.74 Å². The predicted molar refractivity (Wildman–Crippen MR) is 65.6 cm³/mol. The number of carbonyl (C=O) groups is 1. The van der Waals surface area contributed by atoms with E-state index in [1.54, 1.807) is 0 Å². The van der Waals surface area contributed by atoms with Crippen LogP contribution < -0.4 is 0 Å². The molecule has 0 bridgehead atoms. The molecule has 0 fully saturated rings. The number of ether oxygens (including phenoxy) is 1. The topological polar surface area (TPSA) is 26.3 Å². The van der Waals surface area contributed by atoms with E-state index in [4.69, 9.17) is 4.74 Å². The molecule has 0 amide bonds. The van der Waals surface area contributed by atoms with Crippen molar-refractivity contribution in [3.05, 3.63) is 33.1 Å². The van der Waals surface area contributed by atoms with E-state index in [1.165, 1.54) is 18.4 Å². The summed E-state index contributed by atoms with van der Waals surface area (Å²) in [4.78, 5) is 12.0. The minimum absolute atomic E-state index is 0.272. The number of esters is 1. The summed E-state index contributed by atoms with van der Waals surface area (Å²) in [7, 11) is 1.40. The molecule has 0 saturated carbocycles. The molecule has 1 aromatic carbocycles. The summed E-state index contributed by atoms with van der Waals surface area (Å²) < 4.78 is 6.89. The Labute approximate surface area is 100.0 Å². The average Bonchev–Trinajstić information content (AvgIpc) is 2.67. The van der Waals surface area contributed by atoms with Crippen LogP contribution in [0.15, 0.2) is 22.7 Å². The summed E-state index contributed by atoms with van der Waals surface area (Å²) in [5.74, 6) is -0.272. The fraction of sp³-hybridized carbons (Fsp3) is 0.182. The lowest BCUT2D eigenvalue weighted by molar-refractivity contribution is 0.0606. The molecule has 0 aliphatic rings. The molecule has 0 saturated heterocycles. The van der Waals surface area contributed by atoms with E-state index < -0.39 is 0 Å². The highest BCUT2D eigenvalue weighted by molar-refractivity contribution is 9.10. The van der Waals surface area contributed by atoms with E-state index in [0.29, 0.717) is 4.88 Å². The van der Waals surface area contributed by atoms with Gasteiger partial charge >= 0.3 is 5.97 Å². The maximum Gasteiger partial charge on any atom is 0.348 e. The maximum absolute atomic E-state index is 11.4. The normalized spacial score (nSPS) is 10.6. The second-order valence-corrected chi connectivity index (χ2v) is 5.10. The quantitative estimate of drug-likeness (QED) is 0.746. The molecule has 2 nitrogen and oxygen atoms in total. The van der Waals surface area contributed by atoms with Gasteiger partial charge in [-0.25, -0.2) is 4.79 Å². The van der Waals surface area contributed by atoms with Gasteiger partial charge in [-0.3, -0.25) is 0 Å². The van der Waals surface area contributed by atoms with E-state index in [0.717, 1.165) is 20.1 Å². The van der Waals surface area contributed by atoms with Gasteiger partial charge in [0.2, 0.25) is 0 Å². The summed E-state index contributed by atoms with van der Waals surface area (Å²) in [6.45, 7) is 2.03. The zero-order valence-corrected chi connectivity index (χ0v) is 10.7. The van der Waals surface area contributed by atoms with Gasteiger partial charge < -0.3 is 4.74 Å². The van der Waals surface area contributed by atoms with Gasteiger partial charge in [-0.1, -0.05) is 22.0 Å². The van der Waals surface area contributed by atoms with Crippen LogP contribution in [-0.4, -0.2) is 13.1 Å². The van der Waals surface area contributed by atoms with Crippen LogP contribution in [0.4, 0.5) is 0 Å². The van der Waals surface area contributed by atoms with E-state index in [2.05, 4.69) is 15.9 Å². The number of hydrogen-bond acceptors (Lipinski definition) is 3. The Hall–Kier alpha value is -0.870. The Bertz CT molecular complexity index is 531. The second kappa shape index (κ2) is 3.94. The van der Waals surface area contributed by atoms with Crippen molar-refractivity contribution in [3.8, 4) is 0 Å². The van der Waals surface area contributed by atoms with Gasteiger partial charge in [0.15, 0.2) is 0 Å². The number of carbonyl (C=O) groups excluding carboxylic acids is 1. The van der Waals surface area contributed by atoms with Crippen LogP contribution in [0.1, 0.15) is 15.2 Å². The van der Waals surface area contributed by atoms with Crippen LogP contribution in [0.5, 0.6) is 0 Å². The Morgan fingerprint density at radius 3 is 2.87 bits per heavy atom. The van der Waals surface area contributed by atoms with Crippen LogP contribution in [0.25, 0.3) is 10.1 Å². The molecule has 0 spiro atoms. The highest BCUT2D eigenvalue weighted by Gasteiger charge is 2.12. The molecule has 15 heavy (non-hydrogen) atoms. The fourth-order valence-electron chi connectivity index (χ4n) is 1.42. The molecule has 0 unspecified atom stereocenters. The average molecular weight is 285 g/mol. The molecular formula is C11H9BrO2S. The number of methoxy groups -OCH3 is 1. The summed E-state index contributed by atoms with van der Waals surface area (Å²) in [5.41, 5.74) is 1.16. The zero-order valence-electron chi connectivity index (χ0n) is 8.33. The molecule has 0 N–H and O–H groups in total. The highest BCUT2D eigenvalue weighted by atomic mass is 79.9. The third-order valence-electron chi connectivity index (χ3n) is 2.26. The van der Waals surface area contributed by atoms with Crippen molar-refractivity contribution in [2.45, 2.75) is 6.92 Å².